The van der Waals surface area contributed by atoms with Crippen LogP contribution in [0.15, 0.2) is 23.7 Å². The Bertz CT molecular complexity index is 576. The van der Waals surface area contributed by atoms with E-state index in [1.54, 1.807) is 11.3 Å². The van der Waals surface area contributed by atoms with Crippen LogP contribution in [-0.2, 0) is 23.3 Å². The van der Waals surface area contributed by atoms with Crippen LogP contribution in [0.25, 0.3) is 0 Å². The van der Waals surface area contributed by atoms with Gasteiger partial charge in [0.25, 0.3) is 0 Å². The van der Waals surface area contributed by atoms with Crippen molar-refractivity contribution >= 4 is 11.3 Å². The van der Waals surface area contributed by atoms with E-state index in [4.69, 9.17) is 4.74 Å². The highest BCUT2D eigenvalue weighted by molar-refractivity contribution is 7.10. The van der Waals surface area contributed by atoms with E-state index in [0.29, 0.717) is 6.42 Å². The molecule has 0 amide bonds. The van der Waals surface area contributed by atoms with Crippen LogP contribution < -0.4 is 0 Å². The smallest absolute Gasteiger partial charge is 0.102 e. The number of ether oxygens (including phenoxy) is 1. The van der Waals surface area contributed by atoms with Gasteiger partial charge in [0.15, 0.2) is 0 Å². The van der Waals surface area contributed by atoms with Crippen LogP contribution in [0.2, 0.25) is 0 Å². The fraction of sp³-hybridized carbons (Fsp3) is 0.600. The van der Waals surface area contributed by atoms with Gasteiger partial charge in [0, 0.05) is 37.1 Å². The minimum absolute atomic E-state index is 0.477. The standard InChI is InChI=1S/C15H22N4O2S/c1-15(20,14-3-2-10-22-14)11-13-12-19(17-16-13)5-4-18-6-8-21-9-7-18/h2-3,10,12,20H,4-9,11H2,1H3. The van der Waals surface area contributed by atoms with Crippen molar-refractivity contribution < 1.29 is 9.84 Å². The number of hydrogen-bond acceptors (Lipinski definition) is 6. The number of thiophene rings is 1. The number of aromatic nitrogens is 3. The van der Waals surface area contributed by atoms with Crippen molar-refractivity contribution in [1.29, 1.82) is 0 Å². The number of nitrogens with zero attached hydrogens (tertiary/aromatic N) is 4. The molecule has 1 aliphatic heterocycles. The third-order valence-corrected chi connectivity index (χ3v) is 5.04. The van der Waals surface area contributed by atoms with E-state index in [0.717, 1.165) is 50.0 Å². The fourth-order valence-corrected chi connectivity index (χ4v) is 3.41. The zero-order valence-corrected chi connectivity index (χ0v) is 13.6. The maximum Gasteiger partial charge on any atom is 0.102 e. The van der Waals surface area contributed by atoms with Crippen molar-refractivity contribution in [3.63, 3.8) is 0 Å². The van der Waals surface area contributed by atoms with Crippen molar-refractivity contribution in [1.82, 2.24) is 19.9 Å². The number of morpholine rings is 1. The van der Waals surface area contributed by atoms with Gasteiger partial charge < -0.3 is 9.84 Å². The first-order chi connectivity index (χ1) is 10.6. The van der Waals surface area contributed by atoms with Gasteiger partial charge in [-0.1, -0.05) is 11.3 Å². The van der Waals surface area contributed by atoms with Crippen molar-refractivity contribution in [2.75, 3.05) is 32.8 Å². The number of aliphatic hydroxyl groups is 1. The van der Waals surface area contributed by atoms with Crippen molar-refractivity contribution in [3.8, 4) is 0 Å². The SMILES string of the molecule is CC(O)(Cc1cn(CCN2CCOCC2)nn1)c1cccs1. The molecule has 2 aromatic heterocycles. The van der Waals surface area contributed by atoms with E-state index < -0.39 is 5.60 Å². The molecule has 3 heterocycles. The molecule has 0 aliphatic carbocycles. The highest BCUT2D eigenvalue weighted by Gasteiger charge is 2.26. The summed E-state index contributed by atoms with van der Waals surface area (Å²) in [6, 6.07) is 3.90. The molecule has 1 fully saturated rings. The van der Waals surface area contributed by atoms with Crippen LogP contribution >= 0.6 is 11.3 Å². The summed E-state index contributed by atoms with van der Waals surface area (Å²) in [5, 5.41) is 20.9. The third kappa shape index (κ3) is 3.92. The van der Waals surface area contributed by atoms with Gasteiger partial charge in [-0.05, 0) is 18.4 Å². The molecule has 120 valence electrons. The molecule has 1 unspecified atom stereocenters. The average Bonchev–Trinajstić information content (AvgIpc) is 3.17. The first-order valence-electron chi connectivity index (χ1n) is 7.59. The predicted octanol–water partition coefficient (Wildman–Crippen LogP) is 1.12. The van der Waals surface area contributed by atoms with E-state index in [-0.39, 0.29) is 0 Å². The Balaban J connectivity index is 1.54. The summed E-state index contributed by atoms with van der Waals surface area (Å²) >= 11 is 1.56. The molecule has 3 rings (SSSR count). The molecule has 6 nitrogen and oxygen atoms in total. The van der Waals surface area contributed by atoms with Gasteiger partial charge in [-0.2, -0.15) is 0 Å². The molecular formula is C15H22N4O2S. The quantitative estimate of drug-likeness (QED) is 0.863. The van der Waals surface area contributed by atoms with Crippen LogP contribution in [0.4, 0.5) is 0 Å². The van der Waals surface area contributed by atoms with E-state index in [9.17, 15) is 5.11 Å². The van der Waals surface area contributed by atoms with Crippen molar-refractivity contribution in [2.24, 2.45) is 0 Å². The Hall–Kier alpha value is -1.28. The molecule has 0 aromatic carbocycles. The first-order valence-corrected chi connectivity index (χ1v) is 8.47. The normalized spacial score (nSPS) is 19.2. The molecule has 0 saturated carbocycles. The van der Waals surface area contributed by atoms with Gasteiger partial charge in [-0.25, -0.2) is 0 Å². The van der Waals surface area contributed by atoms with Crippen LogP contribution in [0.1, 0.15) is 17.5 Å². The largest absolute Gasteiger partial charge is 0.384 e. The summed E-state index contributed by atoms with van der Waals surface area (Å²) in [5.41, 5.74) is -0.0699. The molecule has 1 N–H and O–H groups in total. The van der Waals surface area contributed by atoms with Gasteiger partial charge in [0.2, 0.25) is 0 Å². The second-order valence-electron chi connectivity index (χ2n) is 5.85. The van der Waals surface area contributed by atoms with E-state index in [1.807, 2.05) is 35.3 Å². The topological polar surface area (TPSA) is 63.4 Å². The van der Waals surface area contributed by atoms with Gasteiger partial charge >= 0.3 is 0 Å². The minimum Gasteiger partial charge on any atom is -0.384 e. The Morgan fingerprint density at radius 2 is 2.18 bits per heavy atom. The van der Waals surface area contributed by atoms with Gasteiger partial charge in [-0.15, -0.1) is 16.4 Å². The Labute approximate surface area is 134 Å². The van der Waals surface area contributed by atoms with Crippen LogP contribution in [0, 0.1) is 0 Å². The molecule has 0 spiro atoms. The second kappa shape index (κ2) is 6.87. The highest BCUT2D eigenvalue weighted by atomic mass is 32.1. The van der Waals surface area contributed by atoms with Gasteiger partial charge in [0.1, 0.15) is 5.60 Å². The minimum atomic E-state index is -0.890. The molecule has 1 atom stereocenters. The monoisotopic (exact) mass is 322 g/mol. The molecule has 1 aliphatic rings. The highest BCUT2D eigenvalue weighted by Crippen LogP contribution is 2.28. The zero-order valence-electron chi connectivity index (χ0n) is 12.8. The first kappa shape index (κ1) is 15.6. The van der Waals surface area contributed by atoms with E-state index in [1.165, 1.54) is 0 Å². The van der Waals surface area contributed by atoms with E-state index >= 15 is 0 Å². The summed E-state index contributed by atoms with van der Waals surface area (Å²) in [4.78, 5) is 3.32. The Morgan fingerprint density at radius 1 is 1.36 bits per heavy atom. The van der Waals surface area contributed by atoms with Crippen molar-refractivity contribution in [3.05, 3.63) is 34.3 Å². The molecule has 0 bridgehead atoms. The zero-order chi connectivity index (χ0) is 15.4. The lowest BCUT2D eigenvalue weighted by Gasteiger charge is -2.26. The molecule has 1 saturated heterocycles. The maximum absolute atomic E-state index is 10.6. The molecule has 22 heavy (non-hydrogen) atoms. The summed E-state index contributed by atoms with van der Waals surface area (Å²) in [6.45, 7) is 7.18. The van der Waals surface area contributed by atoms with E-state index in [2.05, 4.69) is 15.2 Å². The lowest BCUT2D eigenvalue weighted by atomic mass is 9.99. The number of rotatable bonds is 6. The lowest BCUT2D eigenvalue weighted by molar-refractivity contribution is 0.0359. The molecular weight excluding hydrogens is 300 g/mol. The molecule has 0 radical (unpaired) electrons. The van der Waals surface area contributed by atoms with Gasteiger partial charge in [0.05, 0.1) is 25.5 Å². The maximum atomic E-state index is 10.6. The van der Waals surface area contributed by atoms with Crippen LogP contribution in [-0.4, -0.2) is 57.8 Å². The molecule has 7 heteroatoms. The number of hydrogen-bond donors (Lipinski definition) is 1. The predicted molar refractivity (Wildman–Crippen MR) is 84.9 cm³/mol. The van der Waals surface area contributed by atoms with Crippen LogP contribution in [0.3, 0.4) is 0 Å². The summed E-state index contributed by atoms with van der Waals surface area (Å²) in [5.74, 6) is 0. The summed E-state index contributed by atoms with van der Waals surface area (Å²) in [7, 11) is 0. The lowest BCUT2D eigenvalue weighted by Crippen LogP contribution is -2.38. The molecule has 2 aromatic rings. The Morgan fingerprint density at radius 3 is 2.91 bits per heavy atom. The van der Waals surface area contributed by atoms with Crippen LogP contribution in [0.5, 0.6) is 0 Å². The summed E-state index contributed by atoms with van der Waals surface area (Å²) in [6.07, 6.45) is 2.41. The second-order valence-corrected chi connectivity index (χ2v) is 6.80. The van der Waals surface area contributed by atoms with Gasteiger partial charge in [-0.3, -0.25) is 9.58 Å². The Kier molecular flexibility index (Phi) is 4.87. The average molecular weight is 322 g/mol. The summed E-state index contributed by atoms with van der Waals surface area (Å²) < 4.78 is 7.20. The fourth-order valence-electron chi connectivity index (χ4n) is 2.62. The van der Waals surface area contributed by atoms with Crippen molar-refractivity contribution in [2.45, 2.75) is 25.5 Å². The third-order valence-electron chi connectivity index (χ3n) is 3.91.